The molecule has 0 spiro atoms. The van der Waals surface area contributed by atoms with Crippen molar-refractivity contribution in [1.29, 1.82) is 0 Å². The molecule has 0 aromatic carbocycles. The molecule has 1 aromatic rings. The molecule has 1 rings (SSSR count). The molecule has 0 aliphatic carbocycles. The largest absolute Gasteiger partial charge is 0.266 e. The van der Waals surface area contributed by atoms with Gasteiger partial charge in [-0.05, 0) is 12.1 Å². The van der Waals surface area contributed by atoms with Crippen LogP contribution in [0, 0.1) is 0 Å². The summed E-state index contributed by atoms with van der Waals surface area (Å²) in [5, 5.41) is 0. The van der Waals surface area contributed by atoms with Crippen molar-refractivity contribution < 1.29 is 0 Å². The number of hydrogen-bond acceptors (Lipinski definition) is 5. The zero-order valence-electron chi connectivity index (χ0n) is 18.9. The van der Waals surface area contributed by atoms with Gasteiger partial charge in [-0.3, -0.25) is 18.7 Å². The van der Waals surface area contributed by atoms with Gasteiger partial charge in [-0.25, -0.2) is 0 Å². The Kier molecular flexibility index (Phi) is 12.8. The molecule has 0 amide bonds. The third kappa shape index (κ3) is 6.44. The molecule has 0 unspecified atom stereocenters. The highest BCUT2D eigenvalue weighted by molar-refractivity contribution is 7.74. The highest BCUT2D eigenvalue weighted by atomic mass is 32.1. The van der Waals surface area contributed by atoms with Crippen molar-refractivity contribution in [3.05, 3.63) is 12.1 Å². The average Bonchev–Trinajstić information content (AvgIpc) is 3.17. The van der Waals surface area contributed by atoms with Crippen molar-refractivity contribution >= 4 is 37.0 Å². The fourth-order valence-electron chi connectivity index (χ4n) is 3.41. The van der Waals surface area contributed by atoms with Crippen LogP contribution >= 0.6 is 27.8 Å². The molecule has 0 radical (unpaired) electrons. The maximum absolute atomic E-state index is 2.66. The van der Waals surface area contributed by atoms with Gasteiger partial charge in [0.25, 0.3) is 0 Å². The molecule has 0 aliphatic heterocycles. The molecule has 0 saturated carbocycles. The summed E-state index contributed by atoms with van der Waals surface area (Å²) in [6, 6.07) is 4.87. The van der Waals surface area contributed by atoms with Crippen LogP contribution in [0.25, 0.3) is 0 Å². The lowest BCUT2D eigenvalue weighted by atomic mass is 10.7. The maximum Gasteiger partial charge on any atom is 0.0829 e. The minimum atomic E-state index is -0.384. The Morgan fingerprint density at radius 3 is 0.926 bits per heavy atom. The first-order chi connectivity index (χ1) is 13.1. The smallest absolute Gasteiger partial charge is 0.0829 e. The molecule has 1 heterocycles. The van der Waals surface area contributed by atoms with E-state index in [0.717, 1.165) is 52.4 Å². The Morgan fingerprint density at radius 1 is 0.519 bits per heavy atom. The molecule has 0 N–H and O–H groups in total. The molecular weight excluding hydrogens is 390 g/mol. The first-order valence-electron chi connectivity index (χ1n) is 10.8. The average molecular weight is 433 g/mol. The van der Waals surface area contributed by atoms with Crippen LogP contribution < -0.4 is 9.24 Å². The van der Waals surface area contributed by atoms with Crippen LogP contribution in [-0.2, 0) is 0 Å². The summed E-state index contributed by atoms with van der Waals surface area (Å²) in [6.07, 6.45) is 0. The molecule has 0 saturated heterocycles. The first kappa shape index (κ1) is 25.4. The second-order valence-corrected chi connectivity index (χ2v) is 12.3. The van der Waals surface area contributed by atoms with Crippen LogP contribution in [0.3, 0.4) is 0 Å². The fraction of sp³-hybridized carbons (Fsp3) is 0.800. The van der Waals surface area contributed by atoms with Crippen molar-refractivity contribution in [2.45, 2.75) is 55.4 Å². The summed E-state index contributed by atoms with van der Waals surface area (Å²) < 4.78 is 13.8. The van der Waals surface area contributed by atoms with Gasteiger partial charge in [0.1, 0.15) is 0 Å². The lowest BCUT2D eigenvalue weighted by molar-refractivity contribution is 0.430. The second kappa shape index (κ2) is 13.6. The van der Waals surface area contributed by atoms with Gasteiger partial charge in [0, 0.05) is 52.4 Å². The Hall–Kier alpha value is 0.400. The minimum absolute atomic E-state index is 0.384. The van der Waals surface area contributed by atoms with Crippen molar-refractivity contribution in [3.63, 3.8) is 0 Å². The lowest BCUT2D eigenvalue weighted by Gasteiger charge is -2.38. The normalized spacial score (nSPS) is 12.7. The van der Waals surface area contributed by atoms with Gasteiger partial charge in [0.2, 0.25) is 0 Å². The topological polar surface area (TPSA) is 13.0 Å². The van der Waals surface area contributed by atoms with Crippen LogP contribution in [0.1, 0.15) is 55.4 Å². The van der Waals surface area contributed by atoms with Gasteiger partial charge >= 0.3 is 0 Å². The van der Waals surface area contributed by atoms with Gasteiger partial charge < -0.3 is 0 Å². The van der Waals surface area contributed by atoms with E-state index in [1.807, 2.05) is 0 Å². The third-order valence-electron chi connectivity index (χ3n) is 4.96. The number of thiophene rings is 1. The van der Waals surface area contributed by atoms with E-state index in [1.165, 1.54) is 0 Å². The first-order valence-corrected chi connectivity index (χ1v) is 14.1. The summed E-state index contributed by atoms with van der Waals surface area (Å²) in [7, 11) is -0.768. The van der Waals surface area contributed by atoms with Gasteiger partial charge in [-0.15, -0.1) is 11.3 Å². The molecule has 0 aliphatic rings. The summed E-state index contributed by atoms with van der Waals surface area (Å²) in [5.74, 6) is 0. The zero-order valence-corrected chi connectivity index (χ0v) is 21.5. The van der Waals surface area contributed by atoms with Crippen LogP contribution in [0.5, 0.6) is 0 Å². The number of nitrogens with zero attached hydrogens (tertiary/aromatic N) is 4. The van der Waals surface area contributed by atoms with Crippen LogP contribution in [0.2, 0.25) is 0 Å². The van der Waals surface area contributed by atoms with Gasteiger partial charge in [0.05, 0.1) is 25.7 Å². The van der Waals surface area contributed by atoms with Crippen LogP contribution in [-0.4, -0.2) is 71.0 Å². The van der Waals surface area contributed by atoms with E-state index in [2.05, 4.69) is 97.5 Å². The quantitative estimate of drug-likeness (QED) is 0.384. The van der Waals surface area contributed by atoms with E-state index in [-0.39, 0.29) is 16.4 Å². The van der Waals surface area contributed by atoms with E-state index < -0.39 is 0 Å². The predicted octanol–water partition coefficient (Wildman–Crippen LogP) is 4.99. The number of rotatable bonds is 14. The zero-order chi connectivity index (χ0) is 20.4. The fourth-order valence-corrected chi connectivity index (χ4v) is 11.1. The van der Waals surface area contributed by atoms with Crippen molar-refractivity contribution in [2.75, 3.05) is 52.4 Å². The molecule has 27 heavy (non-hydrogen) atoms. The standard InChI is InChI=1S/C20H42N4P2S/c1-9-21(10-2)25(22(11-3)12-4)19-17-18-20(27-19)26(23(13-5)14-6)24(15-7)16-8/h17-18H,9-16H2,1-8H3. The van der Waals surface area contributed by atoms with Crippen LogP contribution in [0.4, 0.5) is 0 Å². The molecule has 0 bridgehead atoms. The molecule has 158 valence electrons. The van der Waals surface area contributed by atoms with E-state index in [1.54, 1.807) is 9.24 Å². The molecule has 0 atom stereocenters. The second-order valence-electron chi connectivity index (χ2n) is 6.25. The minimum Gasteiger partial charge on any atom is -0.266 e. The van der Waals surface area contributed by atoms with Gasteiger partial charge in [-0.1, -0.05) is 55.4 Å². The SMILES string of the molecule is CCN(CC)P(c1ccc(P(N(CC)CC)N(CC)CC)s1)N(CC)CC. The Bertz CT molecular complexity index is 431. The van der Waals surface area contributed by atoms with Crippen molar-refractivity contribution in [3.8, 4) is 0 Å². The summed E-state index contributed by atoms with van der Waals surface area (Å²) in [5.41, 5.74) is 0. The molecular formula is C20H42N4P2S. The van der Waals surface area contributed by atoms with Gasteiger partial charge in [0.15, 0.2) is 0 Å². The molecule has 7 heteroatoms. The molecule has 1 aromatic heterocycles. The number of hydrogen-bond donors (Lipinski definition) is 0. The summed E-state index contributed by atoms with van der Waals surface area (Å²) in [4.78, 5) is 0. The van der Waals surface area contributed by atoms with E-state index in [4.69, 9.17) is 0 Å². The molecule has 0 fully saturated rings. The van der Waals surface area contributed by atoms with Gasteiger partial charge in [-0.2, -0.15) is 0 Å². The Morgan fingerprint density at radius 2 is 0.741 bits per heavy atom. The third-order valence-corrected chi connectivity index (χ3v) is 12.7. The monoisotopic (exact) mass is 432 g/mol. The van der Waals surface area contributed by atoms with E-state index in [9.17, 15) is 0 Å². The maximum atomic E-state index is 2.66. The lowest BCUT2D eigenvalue weighted by Crippen LogP contribution is -2.34. The highest BCUT2D eigenvalue weighted by Crippen LogP contribution is 2.48. The Balaban J connectivity index is 3.31. The van der Waals surface area contributed by atoms with Crippen molar-refractivity contribution in [2.24, 2.45) is 0 Å². The van der Waals surface area contributed by atoms with E-state index >= 15 is 0 Å². The predicted molar refractivity (Wildman–Crippen MR) is 129 cm³/mol. The van der Waals surface area contributed by atoms with Crippen LogP contribution in [0.15, 0.2) is 12.1 Å². The summed E-state index contributed by atoms with van der Waals surface area (Å²) >= 11 is 2.08. The Labute approximate surface area is 175 Å². The van der Waals surface area contributed by atoms with Crippen molar-refractivity contribution in [1.82, 2.24) is 18.7 Å². The van der Waals surface area contributed by atoms with E-state index in [0.29, 0.717) is 0 Å². The summed E-state index contributed by atoms with van der Waals surface area (Å²) in [6.45, 7) is 27.4. The highest BCUT2D eigenvalue weighted by Gasteiger charge is 2.29. The molecule has 4 nitrogen and oxygen atoms in total.